The molecule has 6 heteroatoms. The molecule has 2 rings (SSSR count). The number of aromatic nitrogens is 2. The van der Waals surface area contributed by atoms with Crippen LogP contribution in [0.2, 0.25) is 5.15 Å². The second kappa shape index (κ2) is 5.93. The number of hydrogen-bond donors (Lipinski definition) is 1. The molecule has 94 valence electrons. The highest BCUT2D eigenvalue weighted by Gasteiger charge is 2.17. The number of halogens is 1. The number of hydrogen-bond acceptors (Lipinski definition) is 4. The molecular weight excluding hydrogens is 270 g/mol. The van der Waals surface area contributed by atoms with Crippen molar-refractivity contribution in [3.63, 3.8) is 0 Å². The van der Waals surface area contributed by atoms with Crippen molar-refractivity contribution >= 4 is 28.8 Å². The van der Waals surface area contributed by atoms with Crippen LogP contribution >= 0.6 is 22.9 Å². The first kappa shape index (κ1) is 13.0. The Kier molecular flexibility index (Phi) is 4.28. The van der Waals surface area contributed by atoms with E-state index >= 15 is 0 Å². The van der Waals surface area contributed by atoms with Crippen LogP contribution in [0.4, 0.5) is 0 Å². The van der Waals surface area contributed by atoms with Gasteiger partial charge in [-0.15, -0.1) is 11.3 Å². The van der Waals surface area contributed by atoms with Crippen LogP contribution < -0.4 is 5.32 Å². The number of pyridine rings is 1. The molecule has 2 aromatic heterocycles. The quantitative estimate of drug-likeness (QED) is 0.876. The second-order valence-corrected chi connectivity index (χ2v) is 4.93. The van der Waals surface area contributed by atoms with E-state index in [1.807, 2.05) is 12.3 Å². The van der Waals surface area contributed by atoms with Crippen LogP contribution in [-0.4, -0.2) is 15.9 Å². The van der Waals surface area contributed by atoms with Gasteiger partial charge in [0, 0.05) is 17.8 Å². The Morgan fingerprint density at radius 1 is 1.50 bits per heavy atom. The molecular formula is C12H12ClN3OS. The first-order chi connectivity index (χ1) is 8.72. The summed E-state index contributed by atoms with van der Waals surface area (Å²) in [6.45, 7) is 2.00. The Hall–Kier alpha value is -1.46. The van der Waals surface area contributed by atoms with Gasteiger partial charge < -0.3 is 5.32 Å². The van der Waals surface area contributed by atoms with Crippen LogP contribution in [0, 0.1) is 0 Å². The van der Waals surface area contributed by atoms with Gasteiger partial charge in [0.25, 0.3) is 5.91 Å². The van der Waals surface area contributed by atoms with E-state index in [4.69, 9.17) is 11.6 Å². The Morgan fingerprint density at radius 2 is 2.33 bits per heavy atom. The Morgan fingerprint density at radius 3 is 2.94 bits per heavy atom. The molecule has 0 radical (unpaired) electrons. The van der Waals surface area contributed by atoms with Gasteiger partial charge in [0.05, 0.1) is 11.6 Å². The summed E-state index contributed by atoms with van der Waals surface area (Å²) < 4.78 is 0. The molecule has 2 heterocycles. The monoisotopic (exact) mass is 281 g/mol. The lowest BCUT2D eigenvalue weighted by molar-refractivity contribution is 0.0935. The minimum absolute atomic E-state index is 0.0891. The molecule has 0 saturated heterocycles. The van der Waals surface area contributed by atoms with Crippen molar-refractivity contribution in [3.8, 4) is 0 Å². The fourth-order valence-corrected chi connectivity index (χ4v) is 2.51. The van der Waals surface area contributed by atoms with Crippen LogP contribution in [0.1, 0.15) is 34.8 Å². The molecule has 1 unspecified atom stereocenters. The van der Waals surface area contributed by atoms with E-state index in [0.29, 0.717) is 5.56 Å². The lowest BCUT2D eigenvalue weighted by Gasteiger charge is -2.14. The number of nitrogens with zero attached hydrogens (tertiary/aromatic N) is 2. The van der Waals surface area contributed by atoms with Gasteiger partial charge in [-0.3, -0.25) is 4.79 Å². The zero-order valence-electron chi connectivity index (χ0n) is 9.76. The van der Waals surface area contributed by atoms with E-state index in [2.05, 4.69) is 15.3 Å². The lowest BCUT2D eigenvalue weighted by atomic mass is 10.2. The smallest absolute Gasteiger partial charge is 0.254 e. The molecule has 2 aromatic rings. The third-order valence-electron chi connectivity index (χ3n) is 2.47. The molecule has 0 aliphatic rings. The zero-order valence-corrected chi connectivity index (χ0v) is 11.3. The Labute approximate surface area is 114 Å². The molecule has 0 aliphatic heterocycles. The summed E-state index contributed by atoms with van der Waals surface area (Å²) in [6, 6.07) is 3.25. The molecule has 0 spiro atoms. The fraction of sp³-hybridized carbons (Fsp3) is 0.250. The molecule has 18 heavy (non-hydrogen) atoms. The molecule has 0 fully saturated rings. The van der Waals surface area contributed by atoms with Gasteiger partial charge in [-0.2, -0.15) is 0 Å². The van der Waals surface area contributed by atoms with Gasteiger partial charge in [0.2, 0.25) is 0 Å². The predicted molar refractivity (Wildman–Crippen MR) is 71.9 cm³/mol. The summed E-state index contributed by atoms with van der Waals surface area (Å²) in [4.78, 5) is 20.2. The van der Waals surface area contributed by atoms with Gasteiger partial charge in [0.15, 0.2) is 0 Å². The summed E-state index contributed by atoms with van der Waals surface area (Å²) in [5.41, 5.74) is 0.383. The lowest BCUT2D eigenvalue weighted by Crippen LogP contribution is -2.28. The SMILES string of the molecule is CCC(NC(=O)c1cccnc1Cl)c1nccs1. The zero-order chi connectivity index (χ0) is 13.0. The molecule has 4 nitrogen and oxygen atoms in total. The third-order valence-corrected chi connectivity index (χ3v) is 3.66. The second-order valence-electron chi connectivity index (χ2n) is 3.65. The van der Waals surface area contributed by atoms with E-state index in [0.717, 1.165) is 11.4 Å². The number of amides is 1. The van der Waals surface area contributed by atoms with Crippen LogP contribution in [0.3, 0.4) is 0 Å². The highest BCUT2D eigenvalue weighted by molar-refractivity contribution is 7.09. The summed E-state index contributed by atoms with van der Waals surface area (Å²) in [5, 5.41) is 5.91. The van der Waals surface area contributed by atoms with Crippen molar-refractivity contribution in [2.24, 2.45) is 0 Å². The van der Waals surface area contributed by atoms with Gasteiger partial charge in [-0.05, 0) is 18.6 Å². The van der Waals surface area contributed by atoms with Crippen molar-refractivity contribution in [1.82, 2.24) is 15.3 Å². The number of carbonyl (C=O) groups excluding carboxylic acids is 1. The Bertz CT molecular complexity index is 530. The summed E-state index contributed by atoms with van der Waals surface area (Å²) >= 11 is 7.41. The number of rotatable bonds is 4. The van der Waals surface area contributed by atoms with Crippen molar-refractivity contribution in [2.45, 2.75) is 19.4 Å². The third kappa shape index (κ3) is 2.86. The molecule has 0 aliphatic carbocycles. The van der Waals surface area contributed by atoms with Gasteiger partial charge in [-0.1, -0.05) is 18.5 Å². The topological polar surface area (TPSA) is 54.9 Å². The van der Waals surface area contributed by atoms with Crippen LogP contribution in [0.15, 0.2) is 29.9 Å². The number of thiazole rings is 1. The molecule has 0 bridgehead atoms. The first-order valence-corrected chi connectivity index (χ1v) is 6.79. The summed E-state index contributed by atoms with van der Waals surface area (Å²) in [7, 11) is 0. The van der Waals surface area contributed by atoms with Gasteiger partial charge >= 0.3 is 0 Å². The van der Waals surface area contributed by atoms with Crippen molar-refractivity contribution in [3.05, 3.63) is 45.6 Å². The summed E-state index contributed by atoms with van der Waals surface area (Å²) in [5.74, 6) is -0.227. The van der Waals surface area contributed by atoms with Crippen molar-refractivity contribution in [2.75, 3.05) is 0 Å². The molecule has 1 N–H and O–H groups in total. The van der Waals surface area contributed by atoms with E-state index in [1.54, 1.807) is 24.5 Å². The van der Waals surface area contributed by atoms with Crippen molar-refractivity contribution < 1.29 is 4.79 Å². The van der Waals surface area contributed by atoms with E-state index in [1.165, 1.54) is 11.3 Å². The fourth-order valence-electron chi connectivity index (χ4n) is 1.54. The van der Waals surface area contributed by atoms with Crippen LogP contribution in [-0.2, 0) is 0 Å². The highest BCUT2D eigenvalue weighted by atomic mass is 35.5. The number of carbonyl (C=O) groups is 1. The molecule has 0 saturated carbocycles. The maximum Gasteiger partial charge on any atom is 0.254 e. The van der Waals surface area contributed by atoms with E-state index in [9.17, 15) is 4.79 Å². The van der Waals surface area contributed by atoms with Gasteiger partial charge in [-0.25, -0.2) is 9.97 Å². The largest absolute Gasteiger partial charge is 0.343 e. The molecule has 0 aromatic carbocycles. The van der Waals surface area contributed by atoms with Gasteiger partial charge in [0.1, 0.15) is 10.2 Å². The minimum atomic E-state index is -0.227. The molecule has 1 amide bonds. The van der Waals surface area contributed by atoms with Crippen LogP contribution in [0.25, 0.3) is 0 Å². The maximum absolute atomic E-state index is 12.1. The minimum Gasteiger partial charge on any atom is -0.343 e. The maximum atomic E-state index is 12.1. The molecule has 1 atom stereocenters. The van der Waals surface area contributed by atoms with Crippen molar-refractivity contribution in [1.29, 1.82) is 0 Å². The first-order valence-electron chi connectivity index (χ1n) is 5.53. The van der Waals surface area contributed by atoms with Crippen LogP contribution in [0.5, 0.6) is 0 Å². The average Bonchev–Trinajstić information content (AvgIpc) is 2.90. The average molecular weight is 282 g/mol. The van der Waals surface area contributed by atoms with E-state index < -0.39 is 0 Å². The number of nitrogens with one attached hydrogen (secondary N) is 1. The normalized spacial score (nSPS) is 12.1. The summed E-state index contributed by atoms with van der Waals surface area (Å²) in [6.07, 6.45) is 4.06. The standard InChI is InChI=1S/C12H12ClN3OS/c1-2-9(12-15-6-7-18-12)16-11(17)8-4-3-5-14-10(8)13/h3-7,9H,2H2,1H3,(H,16,17). The predicted octanol–water partition coefficient (Wildman–Crippen LogP) is 3.07. The highest BCUT2D eigenvalue weighted by Crippen LogP contribution is 2.20. The Balaban J connectivity index is 2.14. The van der Waals surface area contributed by atoms with E-state index in [-0.39, 0.29) is 17.1 Å².